The summed E-state index contributed by atoms with van der Waals surface area (Å²) >= 11 is 0. The number of hydrogen-bond donors (Lipinski definition) is 3. The maximum absolute atomic E-state index is 13.8. The summed E-state index contributed by atoms with van der Waals surface area (Å²) in [5.74, 6) is -11.6. The summed E-state index contributed by atoms with van der Waals surface area (Å²) < 4.78 is 0. The van der Waals surface area contributed by atoms with E-state index < -0.39 is 70.1 Å². The molecule has 0 saturated heterocycles. The number of primary amides is 1. The Balaban J connectivity index is 1.61. The van der Waals surface area contributed by atoms with Crippen LogP contribution >= 0.6 is 0 Å². The number of carbonyl (C=O) groups excluding carboxylic acids is 6. The van der Waals surface area contributed by atoms with Crippen LogP contribution in [0.15, 0.2) is 36.7 Å². The number of hydrogen-bond acceptors (Lipinski definition) is 10. The summed E-state index contributed by atoms with van der Waals surface area (Å²) in [6.07, 6.45) is 3.04. The zero-order valence-corrected chi connectivity index (χ0v) is 22.0. The second-order valence-corrected chi connectivity index (χ2v) is 10.8. The molecule has 12 nitrogen and oxygen atoms in total. The minimum Gasteiger partial charge on any atom is -0.507 e. The number of Topliss-reactive ketones (excluding diaryl/α,β-unsaturated/α-hetero) is 4. The van der Waals surface area contributed by atoms with Gasteiger partial charge in [-0.25, -0.2) is 0 Å². The number of fused-ring (bicyclic) bond motifs is 3. The molecule has 2 unspecified atom stereocenters. The number of nitrogens with two attached hydrogens (primary N) is 1. The number of nitrogens with zero attached hydrogens (tertiary/aromatic N) is 3. The van der Waals surface area contributed by atoms with Gasteiger partial charge in [0.05, 0.1) is 28.9 Å². The lowest BCUT2D eigenvalue weighted by molar-refractivity contribution is -0.181. The number of anilines is 2. The Morgan fingerprint density at radius 1 is 1.05 bits per heavy atom. The first-order chi connectivity index (χ1) is 18.8. The Hall–Kier alpha value is -4.29. The number of carbonyl (C=O) groups is 6. The van der Waals surface area contributed by atoms with E-state index in [4.69, 9.17) is 5.73 Å². The van der Waals surface area contributed by atoms with Crippen LogP contribution in [0.1, 0.15) is 29.3 Å². The van der Waals surface area contributed by atoms with Crippen LogP contribution in [0.3, 0.4) is 0 Å². The number of phenols is 1. The number of amides is 2. The molecule has 40 heavy (non-hydrogen) atoms. The molecule has 12 heteroatoms. The molecule has 2 fully saturated rings. The maximum Gasteiger partial charge on any atom is 0.235 e. The molecule has 3 aliphatic rings. The van der Waals surface area contributed by atoms with E-state index in [2.05, 4.69) is 4.98 Å². The second-order valence-electron chi connectivity index (χ2n) is 10.8. The van der Waals surface area contributed by atoms with Gasteiger partial charge in [-0.2, -0.15) is 0 Å². The topological polar surface area (TPSA) is 188 Å². The van der Waals surface area contributed by atoms with E-state index in [1.54, 1.807) is 18.2 Å². The van der Waals surface area contributed by atoms with Crippen molar-refractivity contribution in [1.29, 1.82) is 0 Å². The normalized spacial score (nSPS) is 29.5. The fourth-order valence-electron chi connectivity index (χ4n) is 6.75. The molecule has 0 bridgehead atoms. The Morgan fingerprint density at radius 2 is 1.70 bits per heavy atom. The number of ketones is 4. The highest BCUT2D eigenvalue weighted by atomic mass is 16.3. The number of benzene rings is 1. The van der Waals surface area contributed by atoms with Crippen molar-refractivity contribution in [1.82, 2.24) is 9.88 Å². The van der Waals surface area contributed by atoms with Crippen LogP contribution in [0.5, 0.6) is 5.75 Å². The lowest BCUT2D eigenvalue weighted by Crippen LogP contribution is -2.74. The third-order valence-corrected chi connectivity index (χ3v) is 8.35. The molecule has 1 aromatic heterocycles. The smallest absolute Gasteiger partial charge is 0.235 e. The molecule has 5 rings (SSSR count). The zero-order chi connectivity index (χ0) is 29.3. The quantitative estimate of drug-likeness (QED) is 0.437. The van der Waals surface area contributed by atoms with Gasteiger partial charge in [0.25, 0.3) is 0 Å². The van der Waals surface area contributed by atoms with Gasteiger partial charge in [-0.15, -0.1) is 0 Å². The summed E-state index contributed by atoms with van der Waals surface area (Å²) in [6.45, 7) is 1.34. The lowest BCUT2D eigenvalue weighted by atomic mass is 9.52. The highest BCUT2D eigenvalue weighted by Gasteiger charge is 2.69. The second kappa shape index (κ2) is 9.42. The summed E-state index contributed by atoms with van der Waals surface area (Å²) in [4.78, 5) is 85.4. The van der Waals surface area contributed by atoms with Gasteiger partial charge in [0.1, 0.15) is 5.75 Å². The summed E-state index contributed by atoms with van der Waals surface area (Å²) in [5.41, 5.74) is 3.56. The summed E-state index contributed by atoms with van der Waals surface area (Å²) in [7, 11) is 3.04. The third kappa shape index (κ3) is 3.78. The SMILES string of the molecule is CC(=O)N(c1ccncc1)c1cc(O)c2c(c1)C[C@H]1C[C@H]3[C@H](N(C)C)C(=O)C(C(N)=O)C(=O)[C@@]3(O)C(=O)C1C2=O. The summed E-state index contributed by atoms with van der Waals surface area (Å²) in [5, 5.41) is 22.6. The number of pyridine rings is 1. The van der Waals surface area contributed by atoms with Gasteiger partial charge in [-0.3, -0.25) is 43.6 Å². The number of aromatic hydroxyl groups is 1. The van der Waals surface area contributed by atoms with Gasteiger partial charge < -0.3 is 15.9 Å². The van der Waals surface area contributed by atoms with Crippen molar-refractivity contribution in [3.05, 3.63) is 47.8 Å². The average Bonchev–Trinajstić information content (AvgIpc) is 2.86. The number of likely N-dealkylation sites (N-methyl/N-ethyl adjacent to an activating group) is 1. The minimum atomic E-state index is -2.78. The van der Waals surface area contributed by atoms with E-state index >= 15 is 0 Å². The van der Waals surface area contributed by atoms with Crippen molar-refractivity contribution in [2.45, 2.75) is 31.4 Å². The van der Waals surface area contributed by atoms with E-state index in [9.17, 15) is 39.0 Å². The molecule has 2 saturated carbocycles. The zero-order valence-electron chi connectivity index (χ0n) is 22.0. The van der Waals surface area contributed by atoms with Gasteiger partial charge >= 0.3 is 0 Å². The molecular weight excluding hydrogens is 520 g/mol. The van der Waals surface area contributed by atoms with Crippen molar-refractivity contribution in [3.63, 3.8) is 0 Å². The first-order valence-electron chi connectivity index (χ1n) is 12.7. The number of aliphatic hydroxyl groups is 1. The highest BCUT2D eigenvalue weighted by molar-refractivity contribution is 6.32. The van der Waals surface area contributed by atoms with Crippen molar-refractivity contribution in [2.24, 2.45) is 29.4 Å². The molecule has 0 spiro atoms. The minimum absolute atomic E-state index is 0.0599. The Bertz CT molecular complexity index is 1490. The van der Waals surface area contributed by atoms with E-state index in [1.807, 2.05) is 0 Å². The van der Waals surface area contributed by atoms with Crippen LogP contribution in [-0.2, 0) is 30.4 Å². The fraction of sp³-hybridized carbons (Fsp3) is 0.393. The van der Waals surface area contributed by atoms with Crippen LogP contribution in [0.25, 0.3) is 0 Å². The fourth-order valence-corrected chi connectivity index (χ4v) is 6.75. The van der Waals surface area contributed by atoms with Crippen LogP contribution < -0.4 is 10.6 Å². The molecule has 0 aliphatic heterocycles. The predicted molar refractivity (Wildman–Crippen MR) is 138 cm³/mol. The Morgan fingerprint density at radius 3 is 2.27 bits per heavy atom. The van der Waals surface area contributed by atoms with Crippen LogP contribution in [-0.4, -0.2) is 80.8 Å². The molecule has 1 aromatic carbocycles. The lowest BCUT2D eigenvalue weighted by Gasteiger charge is -2.52. The van der Waals surface area contributed by atoms with Gasteiger partial charge in [-0.05, 0) is 56.6 Å². The molecule has 4 N–H and O–H groups in total. The van der Waals surface area contributed by atoms with Crippen molar-refractivity contribution < 1.29 is 39.0 Å². The molecule has 2 aromatic rings. The van der Waals surface area contributed by atoms with E-state index in [-0.39, 0.29) is 24.3 Å². The number of aromatic nitrogens is 1. The van der Waals surface area contributed by atoms with Gasteiger partial charge in [0.2, 0.25) is 11.8 Å². The molecule has 1 heterocycles. The number of phenolic OH excluding ortho intramolecular Hbond substituents is 1. The van der Waals surface area contributed by atoms with E-state index in [0.717, 1.165) is 0 Å². The molecule has 0 radical (unpaired) electrons. The van der Waals surface area contributed by atoms with Gasteiger partial charge in [0, 0.05) is 31.3 Å². The third-order valence-electron chi connectivity index (χ3n) is 8.35. The van der Waals surface area contributed by atoms with Crippen molar-refractivity contribution in [3.8, 4) is 5.75 Å². The Labute approximate surface area is 228 Å². The summed E-state index contributed by atoms with van der Waals surface area (Å²) in [6, 6.07) is 4.86. The van der Waals surface area contributed by atoms with E-state index in [0.29, 0.717) is 16.9 Å². The predicted octanol–water partition coefficient (Wildman–Crippen LogP) is -0.0534. The highest BCUT2D eigenvalue weighted by Crippen LogP contribution is 2.51. The van der Waals surface area contributed by atoms with Gasteiger partial charge in [-0.1, -0.05) is 0 Å². The molecule has 6 atom stereocenters. The van der Waals surface area contributed by atoms with Crippen molar-refractivity contribution in [2.75, 3.05) is 19.0 Å². The molecule has 2 amide bonds. The first-order valence-corrected chi connectivity index (χ1v) is 12.7. The largest absolute Gasteiger partial charge is 0.507 e. The number of rotatable bonds is 4. The van der Waals surface area contributed by atoms with Gasteiger partial charge in [0.15, 0.2) is 34.7 Å². The van der Waals surface area contributed by atoms with Crippen LogP contribution in [0, 0.1) is 23.7 Å². The van der Waals surface area contributed by atoms with Crippen LogP contribution in [0.4, 0.5) is 11.4 Å². The average molecular weight is 549 g/mol. The molecular formula is C28H28N4O8. The van der Waals surface area contributed by atoms with Crippen molar-refractivity contribution >= 4 is 46.3 Å². The molecule has 208 valence electrons. The first kappa shape index (κ1) is 27.3. The van der Waals surface area contributed by atoms with E-state index in [1.165, 1.54) is 49.3 Å². The standard InChI is InChI=1S/C28H28N4O8/c1-12(33)32(15-4-6-30-7-5-15)16-9-13-8-14-10-17-22(31(2)3)24(36)21(27(29)39)26(38)28(17,40)25(37)20(14)23(35)19(13)18(34)11-16/h4-7,9,11,14,17,20-22,34,40H,8,10H2,1-3H3,(H2,29,39)/t14-,17-,20?,21?,22-,28-/m0/s1. The monoisotopic (exact) mass is 548 g/mol. The van der Waals surface area contributed by atoms with Crippen LogP contribution in [0.2, 0.25) is 0 Å². The Kier molecular flexibility index (Phi) is 6.42. The molecule has 3 aliphatic carbocycles. The maximum atomic E-state index is 13.8.